The van der Waals surface area contributed by atoms with Crippen LogP contribution in [0, 0.1) is 12.7 Å². The molecule has 1 saturated carbocycles. The van der Waals surface area contributed by atoms with Gasteiger partial charge in [-0.15, -0.1) is 0 Å². The lowest BCUT2D eigenvalue weighted by atomic mass is 9.91. The number of halogens is 2. The number of pyridine rings is 1. The molecule has 1 aromatic carbocycles. The third-order valence-corrected chi connectivity index (χ3v) is 7.08. The summed E-state index contributed by atoms with van der Waals surface area (Å²) in [5, 5.41) is 8.59. The fraction of sp³-hybridized carbons (Fsp3) is 0.296. The summed E-state index contributed by atoms with van der Waals surface area (Å²) in [6.45, 7) is 1.94. The van der Waals surface area contributed by atoms with E-state index in [1.54, 1.807) is 13.3 Å². The average molecular weight is 522 g/mol. The molecular weight excluding hydrogens is 493 g/mol. The van der Waals surface area contributed by atoms with E-state index < -0.39 is 5.82 Å². The number of nitrogens with one attached hydrogen (secondary N) is 1. The Morgan fingerprint density at radius 3 is 2.70 bits per heavy atom. The standard InChI is InChI=1S/C27H29ClFN7O/c1-15-20(8-10-25(33-15)37-2)16-11-24-26(34-19-6-4-18(30)5-7-19)21(13-32-36(24)14-16)27(31)35-23-12-17(29)3-9-22(23)28/h3,8-14,18-19,34H,4-7,30H2,1-2H3,(H2,31,35). The smallest absolute Gasteiger partial charge is 0.213 e. The summed E-state index contributed by atoms with van der Waals surface area (Å²) >= 11 is 6.25. The number of rotatable bonds is 6. The molecule has 1 fully saturated rings. The number of aliphatic imine (C=N–C) groups is 1. The van der Waals surface area contributed by atoms with E-state index in [-0.39, 0.29) is 23.6 Å². The number of nitrogens with zero attached hydrogens (tertiary/aromatic N) is 4. The zero-order chi connectivity index (χ0) is 26.1. The first kappa shape index (κ1) is 25.0. The predicted molar refractivity (Wildman–Crippen MR) is 145 cm³/mol. The van der Waals surface area contributed by atoms with Gasteiger partial charge in [0.1, 0.15) is 11.7 Å². The van der Waals surface area contributed by atoms with Gasteiger partial charge < -0.3 is 21.5 Å². The van der Waals surface area contributed by atoms with E-state index in [0.717, 1.165) is 53.7 Å². The summed E-state index contributed by atoms with van der Waals surface area (Å²) in [5.74, 6) is 0.298. The van der Waals surface area contributed by atoms with Gasteiger partial charge in [-0.2, -0.15) is 5.10 Å². The van der Waals surface area contributed by atoms with Gasteiger partial charge in [0.05, 0.1) is 40.8 Å². The molecule has 1 aliphatic carbocycles. The van der Waals surface area contributed by atoms with Gasteiger partial charge in [-0.25, -0.2) is 18.9 Å². The number of methoxy groups -OCH3 is 1. The number of fused-ring (bicyclic) bond motifs is 1. The van der Waals surface area contributed by atoms with E-state index in [2.05, 4.69) is 20.4 Å². The average Bonchev–Trinajstić information content (AvgIpc) is 3.32. The first-order valence-corrected chi connectivity index (χ1v) is 12.5. The Bertz CT molecular complexity index is 1480. The SMILES string of the molecule is COc1ccc(-c2cc3c(NC4CCC(N)CC4)c(C(N)=Nc4cc(F)ccc4Cl)cnn3c2)c(C)n1. The van der Waals surface area contributed by atoms with Crippen LogP contribution >= 0.6 is 11.6 Å². The Hall–Kier alpha value is -3.69. The maximum absolute atomic E-state index is 13.9. The molecule has 5 rings (SSSR count). The van der Waals surface area contributed by atoms with E-state index >= 15 is 0 Å². The number of hydrogen-bond donors (Lipinski definition) is 3. The van der Waals surface area contributed by atoms with E-state index in [4.69, 9.17) is 27.8 Å². The number of aromatic nitrogens is 3. The number of aryl methyl sites for hydroxylation is 1. The van der Waals surface area contributed by atoms with Crippen molar-refractivity contribution in [2.75, 3.05) is 12.4 Å². The molecule has 0 radical (unpaired) electrons. The van der Waals surface area contributed by atoms with Crippen LogP contribution in [-0.4, -0.2) is 39.6 Å². The van der Waals surface area contributed by atoms with E-state index in [1.165, 1.54) is 18.2 Å². The maximum Gasteiger partial charge on any atom is 0.213 e. The van der Waals surface area contributed by atoms with Crippen molar-refractivity contribution in [2.24, 2.45) is 16.5 Å². The van der Waals surface area contributed by atoms with Gasteiger partial charge in [-0.05, 0) is 56.9 Å². The molecule has 192 valence electrons. The summed E-state index contributed by atoms with van der Waals surface area (Å²) in [7, 11) is 1.60. The molecule has 0 unspecified atom stereocenters. The van der Waals surface area contributed by atoms with Gasteiger partial charge in [0.25, 0.3) is 0 Å². The second-order valence-corrected chi connectivity index (χ2v) is 9.73. The molecule has 4 aromatic rings. The lowest BCUT2D eigenvalue weighted by molar-refractivity contribution is 0.397. The van der Waals surface area contributed by atoms with Crippen LogP contribution in [0.3, 0.4) is 0 Å². The van der Waals surface area contributed by atoms with Crippen LogP contribution in [0.2, 0.25) is 5.02 Å². The fourth-order valence-corrected chi connectivity index (χ4v) is 4.90. The number of amidine groups is 1. The Morgan fingerprint density at radius 2 is 1.97 bits per heavy atom. The molecule has 0 aliphatic heterocycles. The van der Waals surface area contributed by atoms with Crippen molar-refractivity contribution in [3.8, 4) is 17.0 Å². The van der Waals surface area contributed by atoms with Crippen molar-refractivity contribution < 1.29 is 9.13 Å². The van der Waals surface area contributed by atoms with Crippen molar-refractivity contribution in [3.63, 3.8) is 0 Å². The van der Waals surface area contributed by atoms with Gasteiger partial charge in [0, 0.05) is 47.2 Å². The minimum Gasteiger partial charge on any atom is -0.481 e. The highest BCUT2D eigenvalue weighted by Gasteiger charge is 2.22. The van der Waals surface area contributed by atoms with Crippen molar-refractivity contribution in [1.29, 1.82) is 0 Å². The quantitative estimate of drug-likeness (QED) is 0.236. The Kier molecular flexibility index (Phi) is 6.99. The Labute approximate surface area is 219 Å². The molecule has 8 nitrogen and oxygen atoms in total. The summed E-state index contributed by atoms with van der Waals surface area (Å²) in [4.78, 5) is 8.96. The molecule has 10 heteroatoms. The Balaban J connectivity index is 1.62. The first-order chi connectivity index (χ1) is 17.8. The molecule has 0 atom stereocenters. The highest BCUT2D eigenvalue weighted by Crippen LogP contribution is 2.33. The van der Waals surface area contributed by atoms with Gasteiger partial charge in [-0.1, -0.05) is 11.6 Å². The molecule has 3 heterocycles. The van der Waals surface area contributed by atoms with Crippen LogP contribution in [0.25, 0.3) is 16.6 Å². The zero-order valence-electron chi connectivity index (χ0n) is 20.7. The molecule has 1 aliphatic rings. The number of hydrogen-bond acceptors (Lipinski definition) is 6. The zero-order valence-corrected chi connectivity index (χ0v) is 21.5. The summed E-state index contributed by atoms with van der Waals surface area (Å²) in [6, 6.07) is 10.3. The lowest BCUT2D eigenvalue weighted by Gasteiger charge is -2.28. The molecule has 37 heavy (non-hydrogen) atoms. The van der Waals surface area contributed by atoms with E-state index in [9.17, 15) is 4.39 Å². The van der Waals surface area contributed by atoms with Gasteiger partial charge >= 0.3 is 0 Å². The predicted octanol–water partition coefficient (Wildman–Crippen LogP) is 5.22. The van der Waals surface area contributed by atoms with Gasteiger partial charge in [-0.3, -0.25) is 0 Å². The van der Waals surface area contributed by atoms with Crippen LogP contribution in [0.4, 0.5) is 15.8 Å². The number of anilines is 1. The topological polar surface area (TPSA) is 116 Å². The molecule has 0 spiro atoms. The monoisotopic (exact) mass is 521 g/mol. The van der Waals surface area contributed by atoms with E-state index in [1.807, 2.05) is 35.8 Å². The van der Waals surface area contributed by atoms with E-state index in [0.29, 0.717) is 16.5 Å². The van der Waals surface area contributed by atoms with Crippen LogP contribution < -0.4 is 21.5 Å². The number of ether oxygens (including phenoxy) is 1. The van der Waals surface area contributed by atoms with Crippen LogP contribution in [-0.2, 0) is 0 Å². The molecule has 0 saturated heterocycles. The summed E-state index contributed by atoms with van der Waals surface area (Å²) in [5.41, 5.74) is 17.9. The Morgan fingerprint density at radius 1 is 1.19 bits per heavy atom. The van der Waals surface area contributed by atoms with Gasteiger partial charge in [0.15, 0.2) is 0 Å². The van der Waals surface area contributed by atoms with Crippen molar-refractivity contribution in [2.45, 2.75) is 44.7 Å². The van der Waals surface area contributed by atoms with Gasteiger partial charge in [0.2, 0.25) is 5.88 Å². The van der Waals surface area contributed by atoms with Crippen LogP contribution in [0.5, 0.6) is 5.88 Å². The maximum atomic E-state index is 13.9. The molecule has 5 N–H and O–H groups in total. The highest BCUT2D eigenvalue weighted by molar-refractivity contribution is 6.33. The third-order valence-electron chi connectivity index (χ3n) is 6.76. The fourth-order valence-electron chi connectivity index (χ4n) is 4.74. The minimum atomic E-state index is -0.443. The second kappa shape index (κ2) is 10.4. The largest absolute Gasteiger partial charge is 0.481 e. The molecule has 0 bridgehead atoms. The van der Waals surface area contributed by atoms with Crippen molar-refractivity contribution >= 4 is 34.3 Å². The van der Waals surface area contributed by atoms with Crippen LogP contribution in [0.15, 0.2) is 53.8 Å². The van der Waals surface area contributed by atoms with Crippen molar-refractivity contribution in [3.05, 3.63) is 70.9 Å². The van der Waals surface area contributed by atoms with Crippen molar-refractivity contribution in [1.82, 2.24) is 14.6 Å². The molecular formula is C27H29ClFN7O. The highest BCUT2D eigenvalue weighted by atomic mass is 35.5. The second-order valence-electron chi connectivity index (χ2n) is 9.33. The number of nitrogens with two attached hydrogens (primary N) is 2. The summed E-state index contributed by atoms with van der Waals surface area (Å²) in [6.07, 6.45) is 7.39. The van der Waals surface area contributed by atoms with Crippen LogP contribution in [0.1, 0.15) is 36.9 Å². The third kappa shape index (κ3) is 5.23. The minimum absolute atomic E-state index is 0.183. The molecule has 0 amide bonds. The summed E-state index contributed by atoms with van der Waals surface area (Å²) < 4.78 is 20.9. The number of benzene rings is 1. The normalized spacial score (nSPS) is 18.2. The first-order valence-electron chi connectivity index (χ1n) is 12.2. The molecule has 3 aromatic heterocycles. The lowest BCUT2D eigenvalue weighted by Crippen LogP contribution is -2.33.